The standard InChI is InChI=1S/C20H26F2NO11P/c1-11(2)33-18(26)29-9-31-35(28,32-10-30-19(27)34-12(3)4)20(21,22)14-5-6-15-13(7-14)8-16(23-15)17(24)25/h5-8,11-12,17,23-25H,9-10H2,1-4H3. The predicted octanol–water partition coefficient (Wildman–Crippen LogP) is 4.46. The van der Waals surface area contributed by atoms with Gasteiger partial charge in [-0.05, 0) is 45.9 Å². The van der Waals surface area contributed by atoms with Crippen molar-refractivity contribution >= 4 is 30.8 Å². The zero-order chi connectivity index (χ0) is 26.4. The fourth-order valence-electron chi connectivity index (χ4n) is 2.58. The van der Waals surface area contributed by atoms with Gasteiger partial charge in [-0.25, -0.2) is 9.59 Å². The molecule has 1 aromatic carbocycles. The summed E-state index contributed by atoms with van der Waals surface area (Å²) in [5, 5.41) is 18.7. The van der Waals surface area contributed by atoms with E-state index < -0.39 is 63.2 Å². The lowest BCUT2D eigenvalue weighted by Crippen LogP contribution is -2.22. The number of H-pyrrole nitrogens is 1. The first-order valence-corrected chi connectivity index (χ1v) is 11.7. The molecule has 0 saturated heterocycles. The van der Waals surface area contributed by atoms with Gasteiger partial charge in [0.05, 0.1) is 17.9 Å². The van der Waals surface area contributed by atoms with Crippen molar-refractivity contribution in [2.24, 2.45) is 0 Å². The Kier molecular flexibility index (Phi) is 9.58. The van der Waals surface area contributed by atoms with Gasteiger partial charge < -0.3 is 34.1 Å². The lowest BCUT2D eigenvalue weighted by molar-refractivity contribution is -0.0528. The normalized spacial score (nSPS) is 12.4. The molecule has 1 heterocycles. The summed E-state index contributed by atoms with van der Waals surface area (Å²) in [5.74, 6) is 0. The molecule has 0 aliphatic heterocycles. The molecule has 35 heavy (non-hydrogen) atoms. The van der Waals surface area contributed by atoms with E-state index in [1.165, 1.54) is 39.8 Å². The van der Waals surface area contributed by atoms with Gasteiger partial charge in [0.1, 0.15) is 0 Å². The maximum Gasteiger partial charge on any atom is 0.510 e. The highest BCUT2D eigenvalue weighted by atomic mass is 31.2. The van der Waals surface area contributed by atoms with E-state index in [-0.39, 0.29) is 16.6 Å². The molecule has 0 aliphatic rings. The minimum atomic E-state index is -5.52. The van der Waals surface area contributed by atoms with E-state index in [1.54, 1.807) is 0 Å². The monoisotopic (exact) mass is 525 g/mol. The number of hydrogen-bond donors (Lipinski definition) is 3. The number of aromatic amines is 1. The van der Waals surface area contributed by atoms with Crippen LogP contribution in [0.2, 0.25) is 0 Å². The van der Waals surface area contributed by atoms with Crippen molar-refractivity contribution in [3.8, 4) is 0 Å². The van der Waals surface area contributed by atoms with Gasteiger partial charge >= 0.3 is 25.6 Å². The predicted molar refractivity (Wildman–Crippen MR) is 114 cm³/mol. The largest absolute Gasteiger partial charge is 0.510 e. The number of benzene rings is 1. The number of halogens is 2. The highest BCUT2D eigenvalue weighted by molar-refractivity contribution is 7.54. The average molecular weight is 525 g/mol. The maximum absolute atomic E-state index is 15.4. The van der Waals surface area contributed by atoms with Crippen molar-refractivity contribution in [1.29, 1.82) is 0 Å². The number of rotatable bonds is 11. The number of aromatic nitrogens is 1. The van der Waals surface area contributed by atoms with Crippen molar-refractivity contribution in [3.05, 3.63) is 35.5 Å². The summed E-state index contributed by atoms with van der Waals surface area (Å²) >= 11 is 0. The summed E-state index contributed by atoms with van der Waals surface area (Å²) in [6.07, 6.45) is -5.58. The molecule has 12 nitrogen and oxygen atoms in total. The van der Waals surface area contributed by atoms with Crippen molar-refractivity contribution in [1.82, 2.24) is 4.98 Å². The lowest BCUT2D eigenvalue weighted by atomic mass is 10.1. The minimum Gasteiger partial charge on any atom is -0.432 e. The van der Waals surface area contributed by atoms with Crippen LogP contribution >= 0.6 is 7.60 Å². The Morgan fingerprint density at radius 1 is 0.971 bits per heavy atom. The van der Waals surface area contributed by atoms with Crippen LogP contribution in [-0.4, -0.2) is 53.3 Å². The summed E-state index contributed by atoms with van der Waals surface area (Å²) in [4.78, 5) is 25.6. The van der Waals surface area contributed by atoms with Crippen molar-refractivity contribution < 1.29 is 61.1 Å². The molecule has 0 radical (unpaired) electrons. The summed E-state index contributed by atoms with van der Waals surface area (Å²) < 4.78 is 71.6. The van der Waals surface area contributed by atoms with Crippen LogP contribution in [-0.2, 0) is 38.2 Å². The molecule has 1 aromatic heterocycles. The Bertz CT molecular complexity index is 1040. The van der Waals surface area contributed by atoms with Crippen LogP contribution in [0.25, 0.3) is 10.9 Å². The fourth-order valence-corrected chi connectivity index (χ4v) is 3.82. The van der Waals surface area contributed by atoms with Gasteiger partial charge in [-0.15, -0.1) is 0 Å². The number of ether oxygens (including phenoxy) is 4. The SMILES string of the molecule is CC(C)OC(=O)OCOP(=O)(OCOC(=O)OC(C)C)C(F)(F)c1ccc2[nH]c(C(O)O)cc2c1. The number of aliphatic hydroxyl groups excluding tert-OH is 1. The van der Waals surface area contributed by atoms with E-state index >= 15 is 8.78 Å². The Balaban J connectivity index is 2.27. The summed E-state index contributed by atoms with van der Waals surface area (Å²) in [7, 11) is -5.52. The second-order valence-electron chi connectivity index (χ2n) is 7.55. The van der Waals surface area contributed by atoms with Crippen LogP contribution in [0.3, 0.4) is 0 Å². The minimum absolute atomic E-state index is 0.0646. The fraction of sp³-hybridized carbons (Fsp3) is 0.500. The molecule has 3 N–H and O–H groups in total. The molecule has 0 atom stereocenters. The highest BCUT2D eigenvalue weighted by Crippen LogP contribution is 2.67. The topological polar surface area (TPSA) is 163 Å². The van der Waals surface area contributed by atoms with Gasteiger partial charge in [0, 0.05) is 16.5 Å². The Labute approximate surface area is 198 Å². The van der Waals surface area contributed by atoms with Crippen molar-refractivity contribution in [2.75, 3.05) is 13.6 Å². The quantitative estimate of drug-likeness (QED) is 0.216. The average Bonchev–Trinajstić information content (AvgIpc) is 3.16. The molecule has 196 valence electrons. The molecule has 0 amide bonds. The number of hydrogen-bond acceptors (Lipinski definition) is 11. The van der Waals surface area contributed by atoms with Gasteiger partial charge in [-0.3, -0.25) is 13.6 Å². The number of carbonyl (C=O) groups is 2. The summed E-state index contributed by atoms with van der Waals surface area (Å²) in [5.41, 5.74) is -4.97. The summed E-state index contributed by atoms with van der Waals surface area (Å²) in [6.45, 7) is 3.57. The zero-order valence-electron chi connectivity index (χ0n) is 19.2. The molecule has 0 unspecified atom stereocenters. The van der Waals surface area contributed by atoms with Crippen LogP contribution in [0.4, 0.5) is 18.4 Å². The van der Waals surface area contributed by atoms with Gasteiger partial charge in [-0.1, -0.05) is 6.07 Å². The van der Waals surface area contributed by atoms with Crippen LogP contribution in [0.5, 0.6) is 0 Å². The molecule has 0 saturated carbocycles. The number of nitrogens with one attached hydrogen (secondary N) is 1. The molecule has 0 spiro atoms. The van der Waals surface area contributed by atoms with Crippen LogP contribution < -0.4 is 0 Å². The van der Waals surface area contributed by atoms with Crippen LogP contribution in [0, 0.1) is 0 Å². The second kappa shape index (κ2) is 11.8. The second-order valence-corrected chi connectivity index (χ2v) is 9.63. The molecule has 15 heteroatoms. The molecular formula is C20H26F2NO11P. The van der Waals surface area contributed by atoms with Crippen molar-refractivity contribution in [2.45, 2.75) is 51.9 Å². The van der Waals surface area contributed by atoms with Crippen LogP contribution in [0.15, 0.2) is 24.3 Å². The van der Waals surface area contributed by atoms with E-state index in [1.807, 2.05) is 0 Å². The molecule has 0 fully saturated rings. The number of aliphatic hydroxyl groups is 2. The molecule has 2 rings (SSSR count). The maximum atomic E-state index is 15.4. The molecular weight excluding hydrogens is 499 g/mol. The van der Waals surface area contributed by atoms with E-state index in [2.05, 4.69) is 33.0 Å². The lowest BCUT2D eigenvalue weighted by Gasteiger charge is -2.26. The van der Waals surface area contributed by atoms with Gasteiger partial charge in [0.15, 0.2) is 6.29 Å². The Hall–Kier alpha value is -2.77. The van der Waals surface area contributed by atoms with Crippen LogP contribution in [0.1, 0.15) is 45.2 Å². The number of carbonyl (C=O) groups excluding carboxylic acids is 2. The summed E-state index contributed by atoms with van der Waals surface area (Å²) in [6, 6.07) is 4.19. The first kappa shape index (κ1) is 28.5. The van der Waals surface area contributed by atoms with Gasteiger partial charge in [0.25, 0.3) is 0 Å². The van der Waals surface area contributed by atoms with E-state index in [0.717, 1.165) is 12.1 Å². The van der Waals surface area contributed by atoms with E-state index in [9.17, 15) is 24.4 Å². The number of fused-ring (bicyclic) bond motifs is 1. The smallest absolute Gasteiger partial charge is 0.432 e. The highest BCUT2D eigenvalue weighted by Gasteiger charge is 2.56. The third-order valence-electron chi connectivity index (χ3n) is 4.07. The molecule has 0 aliphatic carbocycles. The molecule has 2 aromatic rings. The first-order valence-electron chi connectivity index (χ1n) is 10.2. The van der Waals surface area contributed by atoms with Gasteiger partial charge in [-0.2, -0.15) is 8.78 Å². The third-order valence-corrected chi connectivity index (χ3v) is 5.91. The molecule has 0 bridgehead atoms. The van der Waals surface area contributed by atoms with Gasteiger partial charge in [0.2, 0.25) is 13.6 Å². The zero-order valence-corrected chi connectivity index (χ0v) is 20.1. The van der Waals surface area contributed by atoms with E-state index in [0.29, 0.717) is 0 Å². The van der Waals surface area contributed by atoms with E-state index in [4.69, 9.17) is 0 Å². The first-order chi connectivity index (χ1) is 16.2. The number of alkyl halides is 2. The Morgan fingerprint density at radius 3 is 1.94 bits per heavy atom. The third kappa shape index (κ3) is 7.61. The Morgan fingerprint density at radius 2 is 1.49 bits per heavy atom. The van der Waals surface area contributed by atoms with Crippen molar-refractivity contribution in [3.63, 3.8) is 0 Å².